The summed E-state index contributed by atoms with van der Waals surface area (Å²) in [5, 5.41) is 12.6. The molecule has 1 aromatic heterocycles. The van der Waals surface area contributed by atoms with Crippen LogP contribution in [0.1, 0.15) is 5.56 Å². The molecule has 26 heavy (non-hydrogen) atoms. The Labute approximate surface area is 146 Å². The number of anilines is 3. The van der Waals surface area contributed by atoms with E-state index >= 15 is 0 Å². The molecule has 0 aliphatic carbocycles. The molecule has 2 aromatic carbocycles. The molecule has 3 aromatic rings. The average Bonchev–Trinajstić information content (AvgIpc) is 2.62. The topological polar surface area (TPSA) is 66.9 Å². The number of nitrogens with one attached hydrogen (secondary N) is 2. The monoisotopic (exact) mass is 358 g/mol. The summed E-state index contributed by atoms with van der Waals surface area (Å²) in [7, 11) is 0. The van der Waals surface area contributed by atoms with Crippen molar-refractivity contribution in [2.24, 2.45) is 0 Å². The maximum Gasteiger partial charge on any atom is 0.229 e. The van der Waals surface area contributed by atoms with E-state index in [2.05, 4.69) is 20.8 Å². The quantitative estimate of drug-likeness (QED) is 0.728. The molecule has 1 amide bonds. The number of rotatable bonds is 5. The number of aromatic nitrogens is 2. The van der Waals surface area contributed by atoms with Gasteiger partial charge in [0, 0.05) is 0 Å². The molecule has 0 radical (unpaired) electrons. The van der Waals surface area contributed by atoms with E-state index in [0.29, 0.717) is 5.56 Å². The van der Waals surface area contributed by atoms with Crippen LogP contribution in [-0.2, 0) is 11.2 Å². The summed E-state index contributed by atoms with van der Waals surface area (Å²) in [6.45, 7) is 0. The molecule has 1 heterocycles. The van der Waals surface area contributed by atoms with E-state index in [-0.39, 0.29) is 35.5 Å². The molecule has 8 heteroatoms. The van der Waals surface area contributed by atoms with Crippen LogP contribution in [0, 0.1) is 17.5 Å². The molecule has 0 atom stereocenters. The van der Waals surface area contributed by atoms with Gasteiger partial charge in [-0.2, -0.15) is 0 Å². The van der Waals surface area contributed by atoms with Gasteiger partial charge in [0.05, 0.1) is 6.42 Å². The molecule has 0 aliphatic heterocycles. The molecule has 5 nitrogen and oxygen atoms in total. The highest BCUT2D eigenvalue weighted by molar-refractivity contribution is 5.91. The van der Waals surface area contributed by atoms with Gasteiger partial charge in [-0.15, -0.1) is 10.2 Å². The number of benzene rings is 2. The number of carbonyl (C=O) groups excluding carboxylic acids is 1. The van der Waals surface area contributed by atoms with Crippen molar-refractivity contribution < 1.29 is 18.0 Å². The maximum atomic E-state index is 13.6. The van der Waals surface area contributed by atoms with Crippen LogP contribution < -0.4 is 10.6 Å². The van der Waals surface area contributed by atoms with Crippen molar-refractivity contribution in [2.45, 2.75) is 6.42 Å². The molecular formula is C18H13F3N4O. The summed E-state index contributed by atoms with van der Waals surface area (Å²) in [4.78, 5) is 11.9. The fraction of sp³-hybridized carbons (Fsp3) is 0.0556. The highest BCUT2D eigenvalue weighted by Crippen LogP contribution is 2.22. The van der Waals surface area contributed by atoms with E-state index in [9.17, 15) is 18.0 Å². The van der Waals surface area contributed by atoms with Crippen LogP contribution in [0.3, 0.4) is 0 Å². The fourth-order valence-electron chi connectivity index (χ4n) is 2.19. The van der Waals surface area contributed by atoms with Crippen LogP contribution in [0.2, 0.25) is 0 Å². The van der Waals surface area contributed by atoms with E-state index in [4.69, 9.17) is 0 Å². The Hall–Kier alpha value is -3.42. The first-order chi connectivity index (χ1) is 12.5. The summed E-state index contributed by atoms with van der Waals surface area (Å²) in [5.41, 5.74) is 0.306. The Bertz CT molecular complexity index is 894. The van der Waals surface area contributed by atoms with Gasteiger partial charge in [0.15, 0.2) is 11.6 Å². The normalized spacial score (nSPS) is 10.4. The van der Waals surface area contributed by atoms with Gasteiger partial charge in [0.2, 0.25) is 5.91 Å². The second kappa shape index (κ2) is 7.64. The van der Waals surface area contributed by atoms with E-state index in [1.807, 2.05) is 0 Å². The molecule has 2 N–H and O–H groups in total. The van der Waals surface area contributed by atoms with Gasteiger partial charge in [0.25, 0.3) is 0 Å². The van der Waals surface area contributed by atoms with Crippen LogP contribution in [0.4, 0.5) is 30.5 Å². The molecule has 0 saturated heterocycles. The maximum absolute atomic E-state index is 13.6. The zero-order valence-electron chi connectivity index (χ0n) is 13.3. The van der Waals surface area contributed by atoms with Crippen LogP contribution >= 0.6 is 0 Å². The third kappa shape index (κ3) is 4.35. The van der Waals surface area contributed by atoms with Crippen molar-refractivity contribution in [3.63, 3.8) is 0 Å². The SMILES string of the molecule is O=C(Cc1ccc(F)cc1)Nc1ccc(Nc2c(F)cccc2F)nn1. The molecular weight excluding hydrogens is 345 g/mol. The highest BCUT2D eigenvalue weighted by Gasteiger charge is 2.10. The number of halogens is 3. The largest absolute Gasteiger partial charge is 0.334 e. The van der Waals surface area contributed by atoms with Crippen LogP contribution in [0.25, 0.3) is 0 Å². The Morgan fingerprint density at radius 2 is 1.46 bits per heavy atom. The minimum Gasteiger partial charge on any atom is -0.334 e. The van der Waals surface area contributed by atoms with Gasteiger partial charge >= 0.3 is 0 Å². The van der Waals surface area contributed by atoms with Gasteiger partial charge in [0.1, 0.15) is 23.1 Å². The van der Waals surface area contributed by atoms with Crippen molar-refractivity contribution in [1.29, 1.82) is 0 Å². The summed E-state index contributed by atoms with van der Waals surface area (Å²) in [6.07, 6.45) is 0.0440. The first-order valence-electron chi connectivity index (χ1n) is 7.60. The second-order valence-electron chi connectivity index (χ2n) is 5.38. The minimum atomic E-state index is -0.761. The molecule has 132 valence electrons. The van der Waals surface area contributed by atoms with Gasteiger partial charge in [-0.25, -0.2) is 13.2 Å². The third-order valence-corrected chi connectivity index (χ3v) is 3.43. The fourth-order valence-corrected chi connectivity index (χ4v) is 2.19. The Balaban J connectivity index is 1.62. The lowest BCUT2D eigenvalue weighted by atomic mass is 10.1. The number of amides is 1. The molecule has 0 aliphatic rings. The smallest absolute Gasteiger partial charge is 0.229 e. The number of hydrogen-bond acceptors (Lipinski definition) is 4. The number of hydrogen-bond donors (Lipinski definition) is 2. The summed E-state index contributed by atoms with van der Waals surface area (Å²) >= 11 is 0. The predicted octanol–water partition coefficient (Wildman–Crippen LogP) is 3.82. The summed E-state index contributed by atoms with van der Waals surface area (Å²) in [5.74, 6) is -1.96. The standard InChI is InChI=1S/C18H13F3N4O/c19-12-6-4-11(5-7-12)10-17(26)22-15-8-9-16(25-24-15)23-18-13(20)2-1-3-14(18)21/h1-9H,10H2,(H,23,25)(H,22,24,26). The zero-order chi connectivity index (χ0) is 18.5. The number of para-hydroxylation sites is 1. The Morgan fingerprint density at radius 1 is 0.846 bits per heavy atom. The zero-order valence-corrected chi connectivity index (χ0v) is 13.3. The molecule has 0 unspecified atom stereocenters. The van der Waals surface area contributed by atoms with Gasteiger partial charge in [-0.1, -0.05) is 18.2 Å². The lowest BCUT2D eigenvalue weighted by Crippen LogP contribution is -2.15. The van der Waals surface area contributed by atoms with E-state index in [0.717, 1.165) is 12.1 Å². The molecule has 0 fully saturated rings. The van der Waals surface area contributed by atoms with Crippen molar-refractivity contribution in [2.75, 3.05) is 10.6 Å². The number of nitrogens with zero attached hydrogens (tertiary/aromatic N) is 2. The van der Waals surface area contributed by atoms with Crippen molar-refractivity contribution in [3.05, 3.63) is 77.6 Å². The van der Waals surface area contributed by atoms with E-state index in [1.54, 1.807) is 0 Å². The molecule has 0 bridgehead atoms. The molecule has 0 spiro atoms. The Morgan fingerprint density at radius 3 is 2.08 bits per heavy atom. The first-order valence-corrected chi connectivity index (χ1v) is 7.60. The molecule has 3 rings (SSSR count). The molecule has 0 saturated carbocycles. The number of carbonyl (C=O) groups is 1. The lowest BCUT2D eigenvalue weighted by molar-refractivity contribution is -0.115. The summed E-state index contributed by atoms with van der Waals surface area (Å²) < 4.78 is 40.0. The van der Waals surface area contributed by atoms with E-state index in [1.165, 1.54) is 42.5 Å². The predicted molar refractivity (Wildman–Crippen MR) is 90.4 cm³/mol. The Kier molecular flexibility index (Phi) is 5.12. The van der Waals surface area contributed by atoms with E-state index < -0.39 is 11.6 Å². The minimum absolute atomic E-state index is 0.0440. The first kappa shape index (κ1) is 17.4. The summed E-state index contributed by atoms with van der Waals surface area (Å²) in [6, 6.07) is 11.9. The average molecular weight is 358 g/mol. The second-order valence-corrected chi connectivity index (χ2v) is 5.38. The van der Waals surface area contributed by atoms with Crippen LogP contribution in [0.15, 0.2) is 54.6 Å². The highest BCUT2D eigenvalue weighted by atomic mass is 19.1. The van der Waals surface area contributed by atoms with Crippen molar-refractivity contribution >= 4 is 23.2 Å². The van der Waals surface area contributed by atoms with Crippen LogP contribution in [0.5, 0.6) is 0 Å². The van der Waals surface area contributed by atoms with Crippen molar-refractivity contribution in [3.8, 4) is 0 Å². The van der Waals surface area contributed by atoms with Crippen LogP contribution in [-0.4, -0.2) is 16.1 Å². The van der Waals surface area contributed by atoms with Gasteiger partial charge in [-0.3, -0.25) is 4.79 Å². The van der Waals surface area contributed by atoms with Gasteiger partial charge < -0.3 is 10.6 Å². The van der Waals surface area contributed by atoms with Crippen molar-refractivity contribution in [1.82, 2.24) is 10.2 Å². The van der Waals surface area contributed by atoms with Gasteiger partial charge in [-0.05, 0) is 42.0 Å². The third-order valence-electron chi connectivity index (χ3n) is 3.43. The lowest BCUT2D eigenvalue weighted by Gasteiger charge is -2.08.